The van der Waals surface area contributed by atoms with E-state index in [-0.39, 0.29) is 17.8 Å². The van der Waals surface area contributed by atoms with Crippen molar-refractivity contribution in [3.05, 3.63) is 53.6 Å². The monoisotopic (exact) mass is 379 g/mol. The number of amides is 2. The van der Waals surface area contributed by atoms with Crippen LogP contribution < -0.4 is 10.6 Å². The summed E-state index contributed by atoms with van der Waals surface area (Å²) in [6, 6.07) is 6.98. The van der Waals surface area contributed by atoms with Gasteiger partial charge >= 0.3 is 6.03 Å². The van der Waals surface area contributed by atoms with Gasteiger partial charge in [0.2, 0.25) is 0 Å². The number of H-pyrrole nitrogens is 1. The number of aliphatic imine (C=N–C) groups is 2. The number of carbonyl (C=O) groups excluding carboxylic acids is 1. The first-order chi connectivity index (χ1) is 13.6. The van der Waals surface area contributed by atoms with Gasteiger partial charge in [0.1, 0.15) is 18.3 Å². The molecule has 0 radical (unpaired) electrons. The Morgan fingerprint density at radius 1 is 1.25 bits per heavy atom. The normalized spacial score (nSPS) is 14.9. The molecule has 3 N–H and O–H groups in total. The zero-order valence-electron chi connectivity index (χ0n) is 15.1. The predicted octanol–water partition coefficient (Wildman–Crippen LogP) is 3.18. The highest BCUT2D eigenvalue weighted by atomic mass is 19.1. The van der Waals surface area contributed by atoms with Gasteiger partial charge in [-0.15, -0.1) is 0 Å². The molecule has 8 nitrogen and oxygen atoms in total. The molecule has 0 saturated carbocycles. The summed E-state index contributed by atoms with van der Waals surface area (Å²) < 4.78 is 13.0. The Morgan fingerprint density at radius 2 is 2.00 bits per heavy atom. The number of anilines is 1. The molecule has 9 heteroatoms. The Morgan fingerprint density at radius 3 is 2.75 bits per heavy atom. The molecule has 0 saturated heterocycles. The van der Waals surface area contributed by atoms with Crippen molar-refractivity contribution in [3.8, 4) is 0 Å². The van der Waals surface area contributed by atoms with E-state index < -0.39 is 6.03 Å². The zero-order chi connectivity index (χ0) is 19.5. The minimum atomic E-state index is -0.411. The molecule has 0 spiro atoms. The van der Waals surface area contributed by atoms with Gasteiger partial charge in [0, 0.05) is 30.1 Å². The first-order valence-corrected chi connectivity index (χ1v) is 8.77. The highest BCUT2D eigenvalue weighted by Crippen LogP contribution is 2.23. The van der Waals surface area contributed by atoms with Crippen molar-refractivity contribution >= 4 is 35.2 Å². The van der Waals surface area contributed by atoms with Crippen LogP contribution in [0, 0.1) is 5.82 Å². The Hall–Kier alpha value is -3.62. The van der Waals surface area contributed by atoms with Crippen LogP contribution in [0.3, 0.4) is 0 Å². The van der Waals surface area contributed by atoms with E-state index in [1.54, 1.807) is 24.4 Å². The number of nitrogens with zero attached hydrogens (tertiary/aromatic N) is 4. The Balaban J connectivity index is 1.45. The standard InChI is InChI=1S/C19H18FN7O/c1-11(12-2-4-14(20)5-3-12)24-19(28)25-17-6-16-15(9-23-17)18(27-26-16)13-7-21-10-22-8-13/h2-9,11,13H,10H2,1H3,(H,26,27)(H2,23,24,25,28). The summed E-state index contributed by atoms with van der Waals surface area (Å²) in [5.74, 6) is -0.0124. The molecule has 0 fully saturated rings. The minimum Gasteiger partial charge on any atom is -0.331 e. The molecule has 0 aliphatic carbocycles. The van der Waals surface area contributed by atoms with Gasteiger partial charge in [-0.1, -0.05) is 12.1 Å². The molecule has 142 valence electrons. The lowest BCUT2D eigenvalue weighted by molar-refractivity contribution is 0.249. The maximum absolute atomic E-state index is 13.0. The summed E-state index contributed by atoms with van der Waals surface area (Å²) in [4.78, 5) is 24.9. The van der Waals surface area contributed by atoms with E-state index in [0.29, 0.717) is 18.0 Å². The van der Waals surface area contributed by atoms with E-state index in [1.807, 2.05) is 19.4 Å². The van der Waals surface area contributed by atoms with Crippen molar-refractivity contribution in [3.63, 3.8) is 0 Å². The van der Waals surface area contributed by atoms with Crippen LogP contribution in [-0.4, -0.2) is 40.3 Å². The zero-order valence-corrected chi connectivity index (χ0v) is 15.1. The number of hydrogen-bond acceptors (Lipinski definition) is 5. The summed E-state index contributed by atoms with van der Waals surface area (Å²) in [6.45, 7) is 2.26. The molecule has 28 heavy (non-hydrogen) atoms. The summed E-state index contributed by atoms with van der Waals surface area (Å²) >= 11 is 0. The highest BCUT2D eigenvalue weighted by Gasteiger charge is 2.16. The van der Waals surface area contributed by atoms with Crippen LogP contribution in [0.1, 0.15) is 30.1 Å². The fourth-order valence-electron chi connectivity index (χ4n) is 2.99. The fourth-order valence-corrected chi connectivity index (χ4v) is 2.99. The molecule has 1 aromatic carbocycles. The highest BCUT2D eigenvalue weighted by molar-refractivity contribution is 5.97. The van der Waals surface area contributed by atoms with E-state index in [1.165, 1.54) is 12.1 Å². The van der Waals surface area contributed by atoms with Crippen molar-refractivity contribution in [2.24, 2.45) is 9.98 Å². The number of nitrogens with one attached hydrogen (secondary N) is 3. The van der Waals surface area contributed by atoms with Crippen LogP contribution in [0.4, 0.5) is 15.0 Å². The first kappa shape index (κ1) is 17.8. The van der Waals surface area contributed by atoms with Gasteiger partial charge in [-0.2, -0.15) is 5.10 Å². The van der Waals surface area contributed by atoms with E-state index in [9.17, 15) is 9.18 Å². The summed E-state index contributed by atoms with van der Waals surface area (Å²) in [7, 11) is 0. The van der Waals surface area contributed by atoms with Crippen LogP contribution in [0.15, 0.2) is 46.5 Å². The number of halogens is 1. The molecule has 1 aliphatic rings. The van der Waals surface area contributed by atoms with Crippen molar-refractivity contribution in [1.82, 2.24) is 20.5 Å². The molecule has 2 amide bonds. The van der Waals surface area contributed by atoms with Crippen molar-refractivity contribution in [2.45, 2.75) is 18.9 Å². The van der Waals surface area contributed by atoms with E-state index in [4.69, 9.17) is 0 Å². The number of pyridine rings is 1. The predicted molar refractivity (Wildman–Crippen MR) is 105 cm³/mol. The average molecular weight is 379 g/mol. The maximum Gasteiger partial charge on any atom is 0.320 e. The van der Waals surface area contributed by atoms with Crippen LogP contribution >= 0.6 is 0 Å². The van der Waals surface area contributed by atoms with E-state index in [0.717, 1.165) is 16.6 Å². The van der Waals surface area contributed by atoms with Gasteiger partial charge in [0.15, 0.2) is 0 Å². The van der Waals surface area contributed by atoms with Crippen molar-refractivity contribution in [1.29, 1.82) is 0 Å². The number of urea groups is 1. The number of hydrogen-bond donors (Lipinski definition) is 3. The van der Waals surface area contributed by atoms with Crippen LogP contribution in [0.5, 0.6) is 0 Å². The second-order valence-corrected chi connectivity index (χ2v) is 6.43. The van der Waals surface area contributed by atoms with Gasteiger partial charge in [-0.3, -0.25) is 20.4 Å². The Kier molecular flexibility index (Phi) is 4.79. The summed E-state index contributed by atoms with van der Waals surface area (Å²) in [5.41, 5.74) is 2.34. The van der Waals surface area contributed by atoms with Crippen LogP contribution in [0.25, 0.3) is 10.9 Å². The SMILES string of the molecule is CC(NC(=O)Nc1cc2n[nH]c(C3C=NCN=C3)c2cn1)c1ccc(F)cc1. The largest absolute Gasteiger partial charge is 0.331 e. The Labute approximate surface area is 160 Å². The van der Waals surface area contributed by atoms with Gasteiger partial charge in [0.25, 0.3) is 0 Å². The van der Waals surface area contributed by atoms with Gasteiger partial charge in [0.05, 0.1) is 23.2 Å². The quantitative estimate of drug-likeness (QED) is 0.648. The third-order valence-electron chi connectivity index (χ3n) is 4.46. The smallest absolute Gasteiger partial charge is 0.320 e. The first-order valence-electron chi connectivity index (χ1n) is 8.77. The number of carbonyl (C=O) groups is 1. The van der Waals surface area contributed by atoms with Gasteiger partial charge in [-0.05, 0) is 24.6 Å². The molecule has 3 aromatic rings. The van der Waals surface area contributed by atoms with Gasteiger partial charge < -0.3 is 5.32 Å². The third-order valence-corrected chi connectivity index (χ3v) is 4.46. The molecule has 0 bridgehead atoms. The number of rotatable bonds is 4. The molecule has 1 atom stereocenters. The molecular weight excluding hydrogens is 361 g/mol. The number of fused-ring (bicyclic) bond motifs is 1. The van der Waals surface area contributed by atoms with Crippen LogP contribution in [-0.2, 0) is 0 Å². The van der Waals surface area contributed by atoms with E-state index >= 15 is 0 Å². The fraction of sp³-hybridized carbons (Fsp3) is 0.211. The molecule has 3 heterocycles. The molecular formula is C19H18FN7O. The lowest BCUT2D eigenvalue weighted by Crippen LogP contribution is -2.31. The Bertz CT molecular complexity index is 1050. The summed E-state index contributed by atoms with van der Waals surface area (Å²) in [6.07, 6.45) is 5.29. The van der Waals surface area contributed by atoms with Crippen molar-refractivity contribution < 1.29 is 9.18 Å². The second-order valence-electron chi connectivity index (χ2n) is 6.43. The maximum atomic E-state index is 13.0. The number of benzene rings is 1. The topological polar surface area (TPSA) is 107 Å². The molecule has 1 unspecified atom stereocenters. The second kappa shape index (κ2) is 7.55. The average Bonchev–Trinajstić information content (AvgIpc) is 3.12. The summed E-state index contributed by atoms with van der Waals surface area (Å²) in [5, 5.41) is 13.6. The van der Waals surface area contributed by atoms with Crippen LogP contribution in [0.2, 0.25) is 0 Å². The number of aromatic nitrogens is 3. The van der Waals surface area contributed by atoms with E-state index in [2.05, 4.69) is 35.8 Å². The third kappa shape index (κ3) is 3.73. The molecule has 4 rings (SSSR count). The number of aromatic amines is 1. The lowest BCUT2D eigenvalue weighted by Gasteiger charge is -2.14. The molecule has 2 aromatic heterocycles. The van der Waals surface area contributed by atoms with Crippen molar-refractivity contribution in [2.75, 3.05) is 12.0 Å². The lowest BCUT2D eigenvalue weighted by atomic mass is 10.1. The minimum absolute atomic E-state index is 0.0702. The molecule has 1 aliphatic heterocycles. The van der Waals surface area contributed by atoms with Gasteiger partial charge in [-0.25, -0.2) is 14.2 Å².